The molecular formula is C9H9F2NO. The highest BCUT2D eigenvalue weighted by Gasteiger charge is 2.09. The first kappa shape index (κ1) is 9.64. The fourth-order valence-corrected chi connectivity index (χ4v) is 1.02. The largest absolute Gasteiger partial charge is 0.411 e. The molecule has 0 saturated carbocycles. The Morgan fingerprint density at radius 1 is 1.54 bits per heavy atom. The highest BCUT2D eigenvalue weighted by Crippen LogP contribution is 2.14. The van der Waals surface area contributed by atoms with Gasteiger partial charge in [-0.1, -0.05) is 23.4 Å². The van der Waals surface area contributed by atoms with Crippen LogP contribution in [0, 0.1) is 5.82 Å². The molecule has 0 atom stereocenters. The molecule has 0 radical (unpaired) electrons. The number of benzene rings is 1. The van der Waals surface area contributed by atoms with Crippen LogP contribution in [0.5, 0.6) is 0 Å². The van der Waals surface area contributed by atoms with E-state index < -0.39 is 12.5 Å². The average Bonchev–Trinajstić information content (AvgIpc) is 2.17. The Morgan fingerprint density at radius 3 is 2.77 bits per heavy atom. The van der Waals surface area contributed by atoms with Crippen LogP contribution in [0.2, 0.25) is 0 Å². The lowest BCUT2D eigenvalue weighted by atomic mass is 10.1. The van der Waals surface area contributed by atoms with Gasteiger partial charge in [0.1, 0.15) is 12.5 Å². The molecule has 0 amide bonds. The van der Waals surface area contributed by atoms with E-state index in [-0.39, 0.29) is 16.8 Å². The van der Waals surface area contributed by atoms with Crippen LogP contribution in [-0.4, -0.2) is 10.9 Å². The zero-order valence-corrected chi connectivity index (χ0v) is 7.09. The number of rotatable bonds is 2. The van der Waals surface area contributed by atoms with Gasteiger partial charge < -0.3 is 5.21 Å². The Bertz CT molecular complexity index is 336. The minimum atomic E-state index is -0.863. The molecular weight excluding hydrogens is 176 g/mol. The van der Waals surface area contributed by atoms with Crippen LogP contribution in [-0.2, 0) is 6.67 Å². The minimum absolute atomic E-state index is 0.0273. The van der Waals surface area contributed by atoms with Crippen LogP contribution < -0.4 is 0 Å². The Hall–Kier alpha value is -1.45. The molecule has 0 saturated heterocycles. The van der Waals surface area contributed by atoms with Gasteiger partial charge in [-0.15, -0.1) is 0 Å². The topological polar surface area (TPSA) is 32.6 Å². The van der Waals surface area contributed by atoms with Gasteiger partial charge >= 0.3 is 0 Å². The van der Waals surface area contributed by atoms with Crippen molar-refractivity contribution in [3.05, 3.63) is 35.1 Å². The highest BCUT2D eigenvalue weighted by atomic mass is 19.1. The van der Waals surface area contributed by atoms with Gasteiger partial charge in [0.25, 0.3) is 0 Å². The third kappa shape index (κ3) is 1.83. The second-order valence-corrected chi connectivity index (χ2v) is 2.60. The molecule has 70 valence electrons. The minimum Gasteiger partial charge on any atom is -0.411 e. The predicted octanol–water partition coefficient (Wildman–Crippen LogP) is 2.49. The molecule has 4 heteroatoms. The van der Waals surface area contributed by atoms with E-state index >= 15 is 0 Å². The summed E-state index contributed by atoms with van der Waals surface area (Å²) in [5.74, 6) is -0.666. The van der Waals surface area contributed by atoms with Crippen molar-refractivity contribution >= 4 is 5.71 Å². The molecule has 2 nitrogen and oxygen atoms in total. The molecule has 0 unspecified atom stereocenters. The van der Waals surface area contributed by atoms with E-state index in [0.29, 0.717) is 0 Å². The number of alkyl halides is 1. The number of halogens is 2. The SMILES string of the molecule is CC(=NO)c1cccc(CF)c1F. The van der Waals surface area contributed by atoms with Gasteiger partial charge in [0.05, 0.1) is 5.71 Å². The molecule has 0 fully saturated rings. The summed E-state index contributed by atoms with van der Waals surface area (Å²) in [4.78, 5) is 0. The first-order valence-corrected chi connectivity index (χ1v) is 3.73. The van der Waals surface area contributed by atoms with Crippen molar-refractivity contribution in [3.8, 4) is 0 Å². The van der Waals surface area contributed by atoms with Crippen molar-refractivity contribution in [2.45, 2.75) is 13.6 Å². The lowest BCUT2D eigenvalue weighted by molar-refractivity contribution is 0.318. The summed E-state index contributed by atoms with van der Waals surface area (Å²) in [6.07, 6.45) is 0. The molecule has 0 spiro atoms. The Kier molecular flexibility index (Phi) is 2.95. The van der Waals surface area contributed by atoms with E-state index in [4.69, 9.17) is 5.21 Å². The Morgan fingerprint density at radius 2 is 2.23 bits per heavy atom. The summed E-state index contributed by atoms with van der Waals surface area (Å²) < 4.78 is 25.5. The van der Waals surface area contributed by atoms with E-state index in [1.54, 1.807) is 0 Å². The number of oxime groups is 1. The van der Waals surface area contributed by atoms with Gasteiger partial charge in [-0.05, 0) is 6.92 Å². The van der Waals surface area contributed by atoms with Crippen molar-refractivity contribution < 1.29 is 14.0 Å². The van der Waals surface area contributed by atoms with Gasteiger partial charge in [-0.25, -0.2) is 8.78 Å². The van der Waals surface area contributed by atoms with Crippen LogP contribution >= 0.6 is 0 Å². The summed E-state index contributed by atoms with van der Waals surface area (Å²) in [7, 11) is 0. The molecule has 1 aromatic carbocycles. The molecule has 1 rings (SSSR count). The van der Waals surface area contributed by atoms with Crippen LogP contribution in [0.15, 0.2) is 23.4 Å². The van der Waals surface area contributed by atoms with Crippen LogP contribution in [0.3, 0.4) is 0 Å². The summed E-state index contributed by atoms with van der Waals surface area (Å²) in [6.45, 7) is 0.582. The summed E-state index contributed by atoms with van der Waals surface area (Å²) in [6, 6.07) is 4.30. The average molecular weight is 185 g/mol. The zero-order valence-electron chi connectivity index (χ0n) is 7.09. The van der Waals surface area contributed by atoms with Gasteiger partial charge in [-0.2, -0.15) is 0 Å². The molecule has 1 N–H and O–H groups in total. The van der Waals surface area contributed by atoms with Crippen LogP contribution in [0.25, 0.3) is 0 Å². The van der Waals surface area contributed by atoms with Gasteiger partial charge in [0.15, 0.2) is 0 Å². The molecule has 0 bridgehead atoms. The van der Waals surface area contributed by atoms with E-state index in [9.17, 15) is 8.78 Å². The van der Waals surface area contributed by atoms with E-state index in [2.05, 4.69) is 5.16 Å². The van der Waals surface area contributed by atoms with Gasteiger partial charge in [0, 0.05) is 11.1 Å². The Balaban J connectivity index is 3.23. The first-order valence-electron chi connectivity index (χ1n) is 3.73. The fourth-order valence-electron chi connectivity index (χ4n) is 1.02. The summed E-state index contributed by atoms with van der Waals surface area (Å²) >= 11 is 0. The van der Waals surface area contributed by atoms with E-state index in [1.165, 1.54) is 25.1 Å². The van der Waals surface area contributed by atoms with Crippen molar-refractivity contribution in [2.75, 3.05) is 0 Å². The monoisotopic (exact) mass is 185 g/mol. The molecule has 0 aliphatic heterocycles. The summed E-state index contributed by atoms with van der Waals surface area (Å²) in [5, 5.41) is 11.3. The molecule has 0 aliphatic rings. The molecule has 1 aromatic rings. The standard InChI is InChI=1S/C9H9F2NO/c1-6(12-13)8-4-2-3-7(5-10)9(8)11/h2-4,13H,5H2,1H3. The molecule has 0 aromatic heterocycles. The molecule has 0 heterocycles. The van der Waals surface area contributed by atoms with E-state index in [1.807, 2.05) is 0 Å². The van der Waals surface area contributed by atoms with E-state index in [0.717, 1.165) is 0 Å². The smallest absolute Gasteiger partial charge is 0.138 e. The highest BCUT2D eigenvalue weighted by molar-refractivity contribution is 5.98. The third-order valence-electron chi connectivity index (χ3n) is 1.76. The van der Waals surface area contributed by atoms with Crippen LogP contribution in [0.4, 0.5) is 8.78 Å². The van der Waals surface area contributed by atoms with Crippen molar-refractivity contribution in [1.29, 1.82) is 0 Å². The fraction of sp³-hybridized carbons (Fsp3) is 0.222. The van der Waals surface area contributed by atoms with Crippen molar-refractivity contribution in [2.24, 2.45) is 5.16 Å². The Labute approximate surface area is 74.5 Å². The maximum atomic E-state index is 13.3. The van der Waals surface area contributed by atoms with Crippen molar-refractivity contribution in [3.63, 3.8) is 0 Å². The predicted molar refractivity (Wildman–Crippen MR) is 45.2 cm³/mol. The third-order valence-corrected chi connectivity index (χ3v) is 1.76. The second-order valence-electron chi connectivity index (χ2n) is 2.60. The zero-order chi connectivity index (χ0) is 9.84. The van der Waals surface area contributed by atoms with Gasteiger partial charge in [0.2, 0.25) is 0 Å². The second kappa shape index (κ2) is 3.98. The molecule has 13 heavy (non-hydrogen) atoms. The number of hydrogen-bond donors (Lipinski definition) is 1. The number of nitrogens with zero attached hydrogens (tertiary/aromatic N) is 1. The van der Waals surface area contributed by atoms with Crippen molar-refractivity contribution in [1.82, 2.24) is 0 Å². The maximum absolute atomic E-state index is 13.3. The maximum Gasteiger partial charge on any atom is 0.138 e. The quantitative estimate of drug-likeness (QED) is 0.428. The van der Waals surface area contributed by atoms with Gasteiger partial charge in [-0.3, -0.25) is 0 Å². The lowest BCUT2D eigenvalue weighted by Gasteiger charge is -2.03. The molecule has 0 aliphatic carbocycles. The number of hydrogen-bond acceptors (Lipinski definition) is 2. The normalized spacial score (nSPS) is 11.8. The first-order chi connectivity index (χ1) is 6.20. The summed E-state index contributed by atoms with van der Waals surface area (Å²) in [5.41, 5.74) is 0.228. The van der Waals surface area contributed by atoms with Crippen LogP contribution in [0.1, 0.15) is 18.1 Å². The lowest BCUT2D eigenvalue weighted by Crippen LogP contribution is -2.01.